The number of piperidine rings is 1. The maximum Gasteiger partial charge on any atom is 0.391 e. The van der Waals surface area contributed by atoms with Gasteiger partial charge in [-0.15, -0.1) is 0 Å². The van der Waals surface area contributed by atoms with Crippen LogP contribution in [0.3, 0.4) is 0 Å². The van der Waals surface area contributed by atoms with Gasteiger partial charge in [-0.1, -0.05) is 24.3 Å². The fraction of sp³-hybridized carbons (Fsp3) is 0.600. The number of alkyl halides is 3. The number of benzene rings is 1. The summed E-state index contributed by atoms with van der Waals surface area (Å²) < 4.78 is 38.1. The third-order valence-electron chi connectivity index (χ3n) is 4.20. The molecule has 1 aliphatic heterocycles. The molecule has 1 unspecified atom stereocenters. The quantitative estimate of drug-likeness (QED) is 0.924. The molecule has 1 fully saturated rings. The summed E-state index contributed by atoms with van der Waals surface area (Å²) in [6.07, 6.45) is -3.72. The van der Waals surface area contributed by atoms with Gasteiger partial charge in [0.25, 0.3) is 0 Å². The average molecular weight is 286 g/mol. The third-order valence-corrected chi connectivity index (χ3v) is 4.20. The van der Waals surface area contributed by atoms with E-state index >= 15 is 0 Å². The van der Waals surface area contributed by atoms with Crippen LogP contribution in [-0.4, -0.2) is 30.7 Å². The average Bonchev–Trinajstić information content (AvgIpc) is 2.41. The van der Waals surface area contributed by atoms with E-state index in [1.807, 2.05) is 31.2 Å². The van der Waals surface area contributed by atoms with Crippen LogP contribution in [0, 0.1) is 12.8 Å². The van der Waals surface area contributed by atoms with Crippen LogP contribution < -0.4 is 5.73 Å². The van der Waals surface area contributed by atoms with Gasteiger partial charge >= 0.3 is 6.18 Å². The van der Waals surface area contributed by atoms with Gasteiger partial charge in [0, 0.05) is 12.6 Å². The largest absolute Gasteiger partial charge is 0.391 e. The van der Waals surface area contributed by atoms with Crippen LogP contribution in [0.15, 0.2) is 24.3 Å². The molecule has 0 bridgehead atoms. The number of nitrogens with zero attached hydrogens (tertiary/aromatic N) is 1. The Morgan fingerprint density at radius 3 is 2.35 bits per heavy atom. The standard InChI is InChI=1S/C15H21F3N2/c1-11-4-2-3-5-13(11)14(10-19)20-8-6-12(7-9-20)15(16,17)18/h2-5,12,14H,6-10,19H2,1H3. The number of halogens is 3. The Bertz CT molecular complexity index is 437. The van der Waals surface area contributed by atoms with Gasteiger partial charge in [-0.05, 0) is 44.0 Å². The Hall–Kier alpha value is -1.07. The molecule has 1 aromatic carbocycles. The molecule has 1 atom stereocenters. The number of hydrogen-bond acceptors (Lipinski definition) is 2. The van der Waals surface area contributed by atoms with Crippen molar-refractivity contribution in [2.24, 2.45) is 11.7 Å². The van der Waals surface area contributed by atoms with Crippen molar-refractivity contribution in [1.29, 1.82) is 0 Å². The fourth-order valence-electron chi connectivity index (χ4n) is 2.97. The van der Waals surface area contributed by atoms with E-state index in [1.54, 1.807) is 0 Å². The molecular weight excluding hydrogens is 265 g/mol. The zero-order valence-corrected chi connectivity index (χ0v) is 11.7. The van der Waals surface area contributed by atoms with Gasteiger partial charge in [-0.2, -0.15) is 13.2 Å². The van der Waals surface area contributed by atoms with Crippen LogP contribution in [0.2, 0.25) is 0 Å². The van der Waals surface area contributed by atoms with E-state index in [2.05, 4.69) is 4.90 Å². The molecule has 2 rings (SSSR count). The SMILES string of the molecule is Cc1ccccc1C(CN)N1CCC(C(F)(F)F)CC1. The van der Waals surface area contributed by atoms with E-state index in [1.165, 1.54) is 0 Å². The highest BCUT2D eigenvalue weighted by molar-refractivity contribution is 5.29. The van der Waals surface area contributed by atoms with Crippen LogP contribution >= 0.6 is 0 Å². The first kappa shape index (κ1) is 15.3. The zero-order chi connectivity index (χ0) is 14.8. The highest BCUT2D eigenvalue weighted by atomic mass is 19.4. The van der Waals surface area contributed by atoms with E-state index in [0.717, 1.165) is 11.1 Å². The molecule has 0 aliphatic carbocycles. The highest BCUT2D eigenvalue weighted by Crippen LogP contribution is 2.36. The van der Waals surface area contributed by atoms with Gasteiger partial charge in [0.2, 0.25) is 0 Å². The molecule has 1 saturated heterocycles. The second-order valence-electron chi connectivity index (χ2n) is 5.46. The van der Waals surface area contributed by atoms with E-state index in [9.17, 15) is 13.2 Å². The van der Waals surface area contributed by atoms with Gasteiger partial charge in [-0.3, -0.25) is 4.90 Å². The van der Waals surface area contributed by atoms with E-state index < -0.39 is 12.1 Å². The number of rotatable bonds is 3. The Morgan fingerprint density at radius 2 is 1.85 bits per heavy atom. The summed E-state index contributed by atoms with van der Waals surface area (Å²) in [5.74, 6) is -1.16. The van der Waals surface area contributed by atoms with Crippen LogP contribution in [0.1, 0.15) is 30.0 Å². The molecule has 1 aromatic rings. The van der Waals surface area contributed by atoms with E-state index in [4.69, 9.17) is 5.73 Å². The molecule has 2 N–H and O–H groups in total. The Kier molecular flexibility index (Phi) is 4.70. The Labute approximate surface area is 117 Å². The van der Waals surface area contributed by atoms with Crippen molar-refractivity contribution in [3.8, 4) is 0 Å². The zero-order valence-electron chi connectivity index (χ0n) is 11.7. The third kappa shape index (κ3) is 3.33. The molecular formula is C15H21F3N2. The molecule has 0 aromatic heterocycles. The first-order chi connectivity index (χ1) is 9.43. The van der Waals surface area contributed by atoms with Crippen LogP contribution in [0.5, 0.6) is 0 Å². The van der Waals surface area contributed by atoms with Crippen molar-refractivity contribution in [1.82, 2.24) is 4.90 Å². The monoisotopic (exact) mass is 286 g/mol. The smallest absolute Gasteiger partial charge is 0.329 e. The lowest BCUT2D eigenvalue weighted by atomic mass is 9.92. The minimum absolute atomic E-state index is 0.0189. The molecule has 0 saturated carbocycles. The van der Waals surface area contributed by atoms with Crippen LogP contribution in [-0.2, 0) is 0 Å². The summed E-state index contributed by atoms with van der Waals surface area (Å²) in [6, 6.07) is 7.96. The molecule has 5 heteroatoms. The number of hydrogen-bond donors (Lipinski definition) is 1. The van der Waals surface area contributed by atoms with Crippen molar-refractivity contribution in [2.45, 2.75) is 32.0 Å². The topological polar surface area (TPSA) is 29.3 Å². The van der Waals surface area contributed by atoms with Gasteiger partial charge < -0.3 is 5.73 Å². The highest BCUT2D eigenvalue weighted by Gasteiger charge is 2.41. The predicted molar refractivity (Wildman–Crippen MR) is 73.3 cm³/mol. The summed E-state index contributed by atoms with van der Waals surface area (Å²) >= 11 is 0. The van der Waals surface area contributed by atoms with Crippen LogP contribution in [0.25, 0.3) is 0 Å². The fourth-order valence-corrected chi connectivity index (χ4v) is 2.97. The molecule has 112 valence electrons. The lowest BCUT2D eigenvalue weighted by Crippen LogP contribution is -2.43. The molecule has 1 aliphatic rings. The summed E-state index contributed by atoms with van der Waals surface area (Å²) in [5.41, 5.74) is 8.13. The molecule has 0 radical (unpaired) electrons. The first-order valence-electron chi connectivity index (χ1n) is 7.00. The molecule has 20 heavy (non-hydrogen) atoms. The van der Waals surface area contributed by atoms with Crippen molar-refractivity contribution in [3.63, 3.8) is 0 Å². The Morgan fingerprint density at radius 1 is 1.25 bits per heavy atom. The lowest BCUT2D eigenvalue weighted by molar-refractivity contribution is -0.186. The number of aryl methyl sites for hydroxylation is 1. The predicted octanol–water partition coefficient (Wildman–Crippen LogP) is 3.27. The second-order valence-corrected chi connectivity index (χ2v) is 5.46. The molecule has 0 spiro atoms. The Balaban J connectivity index is 2.06. The summed E-state index contributed by atoms with van der Waals surface area (Å²) in [4.78, 5) is 2.09. The van der Waals surface area contributed by atoms with Gasteiger partial charge in [0.1, 0.15) is 0 Å². The molecule has 0 amide bonds. The van der Waals surface area contributed by atoms with Gasteiger partial charge in [0.05, 0.1) is 5.92 Å². The van der Waals surface area contributed by atoms with Crippen molar-refractivity contribution in [2.75, 3.05) is 19.6 Å². The van der Waals surface area contributed by atoms with Crippen LogP contribution in [0.4, 0.5) is 13.2 Å². The maximum atomic E-state index is 12.7. The summed E-state index contributed by atoms with van der Waals surface area (Å²) in [6.45, 7) is 3.36. The van der Waals surface area contributed by atoms with E-state index in [-0.39, 0.29) is 18.9 Å². The van der Waals surface area contributed by atoms with Crippen molar-refractivity contribution in [3.05, 3.63) is 35.4 Å². The second kappa shape index (κ2) is 6.14. The first-order valence-corrected chi connectivity index (χ1v) is 7.00. The molecule has 1 heterocycles. The van der Waals surface area contributed by atoms with E-state index in [0.29, 0.717) is 19.6 Å². The summed E-state index contributed by atoms with van der Waals surface area (Å²) in [5, 5.41) is 0. The minimum atomic E-state index is -4.06. The minimum Gasteiger partial charge on any atom is -0.329 e. The number of likely N-dealkylation sites (tertiary alicyclic amines) is 1. The van der Waals surface area contributed by atoms with Crippen molar-refractivity contribution < 1.29 is 13.2 Å². The lowest BCUT2D eigenvalue weighted by Gasteiger charge is -2.38. The number of nitrogens with two attached hydrogens (primary N) is 1. The normalized spacial score (nSPS) is 20.1. The van der Waals surface area contributed by atoms with Crippen molar-refractivity contribution >= 4 is 0 Å². The van der Waals surface area contributed by atoms with Gasteiger partial charge in [0.15, 0.2) is 0 Å². The summed E-state index contributed by atoms with van der Waals surface area (Å²) in [7, 11) is 0. The van der Waals surface area contributed by atoms with Gasteiger partial charge in [-0.25, -0.2) is 0 Å². The molecule has 2 nitrogen and oxygen atoms in total. The maximum absolute atomic E-state index is 12.7.